The molecule has 1 aliphatic carbocycles. The van der Waals surface area contributed by atoms with Crippen LogP contribution in [0.15, 0.2) is 0 Å². The number of amides is 1. The zero-order valence-electron chi connectivity index (χ0n) is 8.57. The molecule has 4 atom stereocenters. The number of rotatable bonds is 0. The summed E-state index contributed by atoms with van der Waals surface area (Å²) in [5.74, 6) is 0.838. The van der Waals surface area contributed by atoms with Crippen molar-refractivity contribution in [1.82, 2.24) is 4.90 Å². The normalized spacial score (nSPS) is 51.1. The van der Waals surface area contributed by atoms with Crippen LogP contribution in [0.5, 0.6) is 0 Å². The van der Waals surface area contributed by atoms with Crippen LogP contribution >= 0.6 is 0 Å². The van der Waals surface area contributed by atoms with Crippen molar-refractivity contribution in [3.8, 4) is 0 Å². The van der Waals surface area contributed by atoms with Crippen LogP contribution in [0, 0.1) is 11.8 Å². The fourth-order valence-corrected chi connectivity index (χ4v) is 4.02. The van der Waals surface area contributed by atoms with E-state index in [1.54, 1.807) is 0 Å². The van der Waals surface area contributed by atoms with E-state index in [0.717, 1.165) is 19.4 Å². The van der Waals surface area contributed by atoms with Gasteiger partial charge in [-0.2, -0.15) is 0 Å². The van der Waals surface area contributed by atoms with E-state index in [0.29, 0.717) is 5.92 Å². The lowest BCUT2D eigenvalue weighted by molar-refractivity contribution is -0.139. The van der Waals surface area contributed by atoms with Gasteiger partial charge in [0.1, 0.15) is 6.10 Å². The zero-order valence-corrected chi connectivity index (χ0v) is 8.57. The van der Waals surface area contributed by atoms with Crippen molar-refractivity contribution < 1.29 is 9.90 Å². The van der Waals surface area contributed by atoms with Crippen LogP contribution in [0.25, 0.3) is 0 Å². The van der Waals surface area contributed by atoms with Gasteiger partial charge in [-0.3, -0.25) is 4.79 Å². The minimum atomic E-state index is -0.705. The van der Waals surface area contributed by atoms with Gasteiger partial charge in [-0.1, -0.05) is 0 Å². The van der Waals surface area contributed by atoms with E-state index in [-0.39, 0.29) is 17.4 Å². The monoisotopic (exact) mass is 195 g/mol. The van der Waals surface area contributed by atoms with Gasteiger partial charge in [0.15, 0.2) is 0 Å². The Balaban J connectivity index is 2.06. The van der Waals surface area contributed by atoms with Gasteiger partial charge in [0.2, 0.25) is 0 Å². The quantitative estimate of drug-likeness (QED) is 0.620. The number of carbonyl (C=O) groups excluding carboxylic acids is 1. The first-order valence-electron chi connectivity index (χ1n) is 5.65. The van der Waals surface area contributed by atoms with Crippen LogP contribution in [0.4, 0.5) is 0 Å². The number of hydrogen-bond acceptors (Lipinski definition) is 2. The third-order valence-electron chi connectivity index (χ3n) is 4.82. The number of carbonyl (C=O) groups is 1. The molecule has 0 aromatic carbocycles. The first kappa shape index (κ1) is 8.72. The lowest BCUT2D eigenvalue weighted by Crippen LogP contribution is -2.52. The molecular formula is C11H17NO2. The van der Waals surface area contributed by atoms with Gasteiger partial charge in [-0.25, -0.2) is 0 Å². The van der Waals surface area contributed by atoms with Crippen LogP contribution in [0.1, 0.15) is 32.6 Å². The minimum Gasteiger partial charge on any atom is -0.383 e. The molecule has 3 heteroatoms. The second kappa shape index (κ2) is 2.51. The molecule has 2 heterocycles. The second-order valence-electron chi connectivity index (χ2n) is 5.18. The topological polar surface area (TPSA) is 40.5 Å². The number of aliphatic hydroxyl groups is 1. The maximum atomic E-state index is 11.8. The molecule has 0 unspecified atom stereocenters. The third kappa shape index (κ3) is 0.761. The van der Waals surface area contributed by atoms with E-state index in [4.69, 9.17) is 0 Å². The average Bonchev–Trinajstić information content (AvgIpc) is 2.60. The van der Waals surface area contributed by atoms with Gasteiger partial charge in [-0.05, 0) is 38.5 Å². The maximum Gasteiger partial charge on any atom is 0.252 e. The van der Waals surface area contributed by atoms with Gasteiger partial charge in [0.25, 0.3) is 5.91 Å². The molecule has 3 aliphatic rings. The average molecular weight is 195 g/mol. The Kier molecular flexibility index (Phi) is 1.56. The predicted molar refractivity (Wildman–Crippen MR) is 51.6 cm³/mol. The molecule has 3 fully saturated rings. The van der Waals surface area contributed by atoms with Crippen molar-refractivity contribution in [2.45, 2.75) is 44.2 Å². The first-order chi connectivity index (χ1) is 6.65. The van der Waals surface area contributed by atoms with E-state index < -0.39 is 6.10 Å². The van der Waals surface area contributed by atoms with Crippen molar-refractivity contribution in [2.75, 3.05) is 6.54 Å². The highest BCUT2D eigenvalue weighted by Crippen LogP contribution is 2.54. The summed E-state index contributed by atoms with van der Waals surface area (Å²) in [6.07, 6.45) is 3.88. The van der Waals surface area contributed by atoms with Crippen molar-refractivity contribution >= 4 is 5.91 Å². The molecule has 14 heavy (non-hydrogen) atoms. The van der Waals surface area contributed by atoms with Crippen molar-refractivity contribution in [3.63, 3.8) is 0 Å². The van der Waals surface area contributed by atoms with Crippen LogP contribution < -0.4 is 0 Å². The van der Waals surface area contributed by atoms with Crippen LogP contribution in [-0.4, -0.2) is 34.1 Å². The molecule has 1 N–H and O–H groups in total. The fourth-order valence-electron chi connectivity index (χ4n) is 4.02. The molecule has 78 valence electrons. The molecule has 0 bridgehead atoms. The van der Waals surface area contributed by atoms with Gasteiger partial charge >= 0.3 is 0 Å². The van der Waals surface area contributed by atoms with E-state index in [2.05, 4.69) is 6.92 Å². The summed E-state index contributed by atoms with van der Waals surface area (Å²) in [6.45, 7) is 3.04. The van der Waals surface area contributed by atoms with Gasteiger partial charge in [0.05, 0.1) is 0 Å². The van der Waals surface area contributed by atoms with Crippen molar-refractivity contribution in [2.24, 2.45) is 11.8 Å². The Morgan fingerprint density at radius 2 is 2.21 bits per heavy atom. The lowest BCUT2D eigenvalue weighted by atomic mass is 9.78. The SMILES string of the molecule is C[C@]12[C@@H]3CCCN1C(=O)[C@@H](O)[C@H]2CC3. The van der Waals surface area contributed by atoms with Crippen LogP contribution in [-0.2, 0) is 4.79 Å². The van der Waals surface area contributed by atoms with E-state index in [9.17, 15) is 9.90 Å². The van der Waals surface area contributed by atoms with Gasteiger partial charge in [-0.15, -0.1) is 0 Å². The standard InChI is InChI=1S/C11H17NO2/c1-11-7-3-2-6-12(11)10(14)9(13)8(11)5-4-7/h7-9,13H,2-6H2,1H3/t7-,8-,9+,11-/m1/s1. The Morgan fingerprint density at radius 3 is 3.00 bits per heavy atom. The molecule has 0 aromatic rings. The summed E-state index contributed by atoms with van der Waals surface area (Å²) in [6, 6.07) is 0. The first-order valence-corrected chi connectivity index (χ1v) is 5.65. The van der Waals surface area contributed by atoms with Gasteiger partial charge in [0, 0.05) is 18.0 Å². The molecule has 2 saturated heterocycles. The van der Waals surface area contributed by atoms with E-state index >= 15 is 0 Å². The Morgan fingerprint density at radius 1 is 1.43 bits per heavy atom. The Bertz CT molecular complexity index is 291. The number of hydrogen-bond donors (Lipinski definition) is 1. The van der Waals surface area contributed by atoms with E-state index in [1.807, 2.05) is 4.90 Å². The third-order valence-corrected chi connectivity index (χ3v) is 4.82. The molecular weight excluding hydrogens is 178 g/mol. The molecule has 1 saturated carbocycles. The smallest absolute Gasteiger partial charge is 0.252 e. The second-order valence-corrected chi connectivity index (χ2v) is 5.18. The zero-order chi connectivity index (χ0) is 9.92. The summed E-state index contributed by atoms with van der Waals surface area (Å²) < 4.78 is 0. The van der Waals surface area contributed by atoms with Gasteiger partial charge < -0.3 is 10.0 Å². The molecule has 2 aliphatic heterocycles. The molecule has 3 nitrogen and oxygen atoms in total. The van der Waals surface area contributed by atoms with Crippen LogP contribution in [0.2, 0.25) is 0 Å². The minimum absolute atomic E-state index is 0.00521. The lowest BCUT2D eigenvalue weighted by Gasteiger charge is -2.44. The summed E-state index contributed by atoms with van der Waals surface area (Å²) in [5, 5.41) is 9.89. The highest BCUT2D eigenvalue weighted by molar-refractivity contribution is 5.85. The van der Waals surface area contributed by atoms with Crippen molar-refractivity contribution in [1.29, 1.82) is 0 Å². The summed E-state index contributed by atoms with van der Waals surface area (Å²) >= 11 is 0. The van der Waals surface area contributed by atoms with Crippen molar-refractivity contribution in [3.05, 3.63) is 0 Å². The molecule has 0 radical (unpaired) electrons. The molecule has 3 rings (SSSR count). The largest absolute Gasteiger partial charge is 0.383 e. The predicted octanol–water partition coefficient (Wildman–Crippen LogP) is 0.768. The Hall–Kier alpha value is -0.570. The highest BCUT2D eigenvalue weighted by Gasteiger charge is 2.62. The summed E-state index contributed by atoms with van der Waals surface area (Å²) in [5.41, 5.74) is -0.00521. The maximum absolute atomic E-state index is 11.8. The highest BCUT2D eigenvalue weighted by atomic mass is 16.3. The van der Waals surface area contributed by atoms with E-state index in [1.165, 1.54) is 12.8 Å². The van der Waals surface area contributed by atoms with Crippen LogP contribution in [0.3, 0.4) is 0 Å². The summed E-state index contributed by atoms with van der Waals surface area (Å²) in [7, 11) is 0. The number of nitrogens with zero attached hydrogens (tertiary/aromatic N) is 1. The molecule has 0 spiro atoms. The number of aliphatic hydroxyl groups excluding tert-OH is 1. The fraction of sp³-hybridized carbons (Fsp3) is 0.909. The molecule has 0 aromatic heterocycles. The summed E-state index contributed by atoms with van der Waals surface area (Å²) in [4.78, 5) is 13.8. The Labute approximate surface area is 84.1 Å². The number of piperidine rings is 1. The molecule has 1 amide bonds.